The predicted octanol–water partition coefficient (Wildman–Crippen LogP) is 2.94. The smallest absolute Gasteiger partial charge is 0.269 e. The summed E-state index contributed by atoms with van der Waals surface area (Å²) < 4.78 is 13.5. The van der Waals surface area contributed by atoms with Gasteiger partial charge in [0.1, 0.15) is 29.2 Å². The van der Waals surface area contributed by atoms with Gasteiger partial charge >= 0.3 is 0 Å². The third-order valence-corrected chi connectivity index (χ3v) is 5.75. The fourth-order valence-corrected chi connectivity index (χ4v) is 4.16. The Morgan fingerprint density at radius 3 is 2.62 bits per heavy atom. The van der Waals surface area contributed by atoms with E-state index in [2.05, 4.69) is 0 Å². The second-order valence-corrected chi connectivity index (χ2v) is 7.90. The first-order chi connectivity index (χ1) is 15.7. The summed E-state index contributed by atoms with van der Waals surface area (Å²) in [5.74, 6) is 0.692. The minimum atomic E-state index is -0.222. The standard InChI is InChI=1S/C25H23N3O3S/c1-2-30-13-7-12-28-24(29)23(32-25(28)21(16-26)17-27)15-20-10-6-11-22(14-20)31-18-19-8-4-3-5-9-19/h3-6,8-11,14-15H,2,7,12-13,18H2,1H3/b23-15+. The van der Waals surface area contributed by atoms with Gasteiger partial charge in [-0.3, -0.25) is 9.36 Å². The predicted molar refractivity (Wildman–Crippen MR) is 124 cm³/mol. The largest absolute Gasteiger partial charge is 0.489 e. The van der Waals surface area contributed by atoms with Gasteiger partial charge in [-0.25, -0.2) is 0 Å². The van der Waals surface area contributed by atoms with Crippen molar-refractivity contribution < 1.29 is 9.47 Å². The molecule has 0 fully saturated rings. The second kappa shape index (κ2) is 11.7. The summed E-state index contributed by atoms with van der Waals surface area (Å²) in [5, 5.41) is 18.6. The fraction of sp³-hybridized carbons (Fsp3) is 0.240. The first kappa shape index (κ1) is 23.0. The molecule has 0 radical (unpaired) electrons. The topological polar surface area (TPSA) is 88.0 Å². The lowest BCUT2D eigenvalue weighted by molar-refractivity contribution is 0.141. The lowest BCUT2D eigenvalue weighted by Crippen LogP contribution is -2.32. The number of rotatable bonds is 9. The van der Waals surface area contributed by atoms with Crippen LogP contribution in [0.4, 0.5) is 0 Å². The molecule has 2 aromatic carbocycles. The van der Waals surface area contributed by atoms with Crippen molar-refractivity contribution in [2.24, 2.45) is 0 Å². The molecule has 3 rings (SSSR count). The van der Waals surface area contributed by atoms with E-state index in [1.807, 2.05) is 73.7 Å². The van der Waals surface area contributed by atoms with Gasteiger partial charge in [0, 0.05) is 19.8 Å². The van der Waals surface area contributed by atoms with Gasteiger partial charge in [-0.1, -0.05) is 42.5 Å². The highest BCUT2D eigenvalue weighted by molar-refractivity contribution is 7.07. The quantitative estimate of drug-likeness (QED) is 0.473. The summed E-state index contributed by atoms with van der Waals surface area (Å²) in [4.78, 5) is 13.0. The molecule has 0 atom stereocenters. The number of nitrogens with zero attached hydrogens (tertiary/aromatic N) is 3. The zero-order chi connectivity index (χ0) is 22.8. The maximum absolute atomic E-state index is 13.0. The zero-order valence-electron chi connectivity index (χ0n) is 17.8. The van der Waals surface area contributed by atoms with Crippen LogP contribution in [0.3, 0.4) is 0 Å². The summed E-state index contributed by atoms with van der Waals surface area (Å²) in [6.45, 7) is 3.84. The maximum Gasteiger partial charge on any atom is 0.269 e. The van der Waals surface area contributed by atoms with Gasteiger partial charge in [0.05, 0.1) is 4.53 Å². The van der Waals surface area contributed by atoms with Crippen LogP contribution in [0, 0.1) is 22.7 Å². The van der Waals surface area contributed by atoms with Crippen molar-refractivity contribution in [3.63, 3.8) is 0 Å². The number of thiazole rings is 1. The van der Waals surface area contributed by atoms with Crippen LogP contribution < -0.4 is 19.5 Å². The summed E-state index contributed by atoms with van der Waals surface area (Å²) in [6, 6.07) is 21.1. The zero-order valence-corrected chi connectivity index (χ0v) is 18.6. The lowest BCUT2D eigenvalue weighted by atomic mass is 10.2. The van der Waals surface area contributed by atoms with Crippen LogP contribution in [0.25, 0.3) is 11.6 Å². The number of nitriles is 2. The van der Waals surface area contributed by atoms with E-state index in [1.54, 1.807) is 6.08 Å². The van der Waals surface area contributed by atoms with Crippen LogP contribution in [-0.2, 0) is 17.9 Å². The molecule has 0 amide bonds. The molecule has 1 aromatic heterocycles. The molecule has 162 valence electrons. The molecule has 0 bridgehead atoms. The molecule has 3 aromatic rings. The van der Waals surface area contributed by atoms with E-state index < -0.39 is 0 Å². The van der Waals surface area contributed by atoms with Crippen molar-refractivity contribution in [2.75, 3.05) is 13.2 Å². The molecule has 0 spiro atoms. The highest BCUT2D eigenvalue weighted by atomic mass is 32.1. The molecule has 0 saturated carbocycles. The van der Waals surface area contributed by atoms with Gasteiger partial charge in [0.15, 0.2) is 5.57 Å². The summed E-state index contributed by atoms with van der Waals surface area (Å²) in [7, 11) is 0. The maximum atomic E-state index is 13.0. The molecule has 0 N–H and O–H groups in total. The average Bonchev–Trinajstić information content (AvgIpc) is 3.12. The Balaban J connectivity index is 1.93. The molecule has 6 nitrogen and oxygen atoms in total. The Morgan fingerprint density at radius 2 is 1.91 bits per heavy atom. The molecule has 0 saturated heterocycles. The van der Waals surface area contributed by atoms with E-state index in [0.717, 1.165) is 22.5 Å². The van der Waals surface area contributed by atoms with Crippen molar-refractivity contribution in [3.05, 3.63) is 85.3 Å². The van der Waals surface area contributed by atoms with E-state index in [0.29, 0.717) is 47.7 Å². The number of benzene rings is 2. The molecular weight excluding hydrogens is 422 g/mol. The van der Waals surface area contributed by atoms with Crippen LogP contribution in [0.15, 0.2) is 59.4 Å². The van der Waals surface area contributed by atoms with Gasteiger partial charge < -0.3 is 9.47 Å². The third-order valence-electron chi connectivity index (χ3n) is 4.62. The van der Waals surface area contributed by atoms with Crippen LogP contribution in [-0.4, -0.2) is 17.8 Å². The minimum Gasteiger partial charge on any atom is -0.489 e. The van der Waals surface area contributed by atoms with Gasteiger partial charge in [-0.05, 0) is 42.7 Å². The first-order valence-electron chi connectivity index (χ1n) is 10.3. The van der Waals surface area contributed by atoms with Crippen LogP contribution in [0.2, 0.25) is 0 Å². The van der Waals surface area contributed by atoms with E-state index in [4.69, 9.17) is 9.47 Å². The first-order valence-corrected chi connectivity index (χ1v) is 11.1. The van der Waals surface area contributed by atoms with Gasteiger partial charge in [0.2, 0.25) is 0 Å². The summed E-state index contributed by atoms with van der Waals surface area (Å²) >= 11 is 1.15. The number of hydrogen-bond acceptors (Lipinski definition) is 6. The molecule has 0 unspecified atom stereocenters. The Morgan fingerprint density at radius 1 is 1.12 bits per heavy atom. The summed E-state index contributed by atoms with van der Waals surface area (Å²) in [5.41, 5.74) is 1.58. The van der Waals surface area contributed by atoms with E-state index in [-0.39, 0.29) is 11.1 Å². The minimum absolute atomic E-state index is 0.0666. The van der Waals surface area contributed by atoms with Crippen molar-refractivity contribution in [1.29, 1.82) is 10.5 Å². The van der Waals surface area contributed by atoms with Crippen molar-refractivity contribution in [2.45, 2.75) is 26.5 Å². The van der Waals surface area contributed by atoms with Crippen LogP contribution in [0.5, 0.6) is 5.75 Å². The highest BCUT2D eigenvalue weighted by Gasteiger charge is 2.09. The number of ether oxygens (including phenoxy) is 2. The van der Waals surface area contributed by atoms with Gasteiger partial charge in [0.25, 0.3) is 5.56 Å². The average molecular weight is 446 g/mol. The van der Waals surface area contributed by atoms with Crippen molar-refractivity contribution in [1.82, 2.24) is 4.57 Å². The molecule has 1 heterocycles. The van der Waals surface area contributed by atoms with E-state index in [9.17, 15) is 15.3 Å². The number of aromatic nitrogens is 1. The van der Waals surface area contributed by atoms with Crippen LogP contribution >= 0.6 is 11.3 Å². The highest BCUT2D eigenvalue weighted by Crippen LogP contribution is 2.15. The Hall–Kier alpha value is -3.65. The van der Waals surface area contributed by atoms with E-state index in [1.165, 1.54) is 4.57 Å². The molecule has 0 aliphatic heterocycles. The van der Waals surface area contributed by atoms with Crippen molar-refractivity contribution >= 4 is 23.0 Å². The Labute approximate surface area is 190 Å². The van der Waals surface area contributed by atoms with Crippen molar-refractivity contribution in [3.8, 4) is 17.9 Å². The van der Waals surface area contributed by atoms with E-state index >= 15 is 0 Å². The molecule has 0 aliphatic carbocycles. The monoisotopic (exact) mass is 445 g/mol. The normalized spacial score (nSPS) is 11.0. The van der Waals surface area contributed by atoms with Crippen LogP contribution in [0.1, 0.15) is 24.5 Å². The summed E-state index contributed by atoms with van der Waals surface area (Å²) in [6.07, 6.45) is 2.38. The van der Waals surface area contributed by atoms with Gasteiger partial charge in [-0.15, -0.1) is 11.3 Å². The third kappa shape index (κ3) is 5.95. The lowest BCUT2D eigenvalue weighted by Gasteiger charge is -2.06. The Kier molecular flexibility index (Phi) is 8.39. The molecule has 0 aliphatic rings. The second-order valence-electron chi connectivity index (χ2n) is 6.87. The SMILES string of the molecule is CCOCCCn1c(=C(C#N)C#N)s/c(=C/c2cccc(OCc3ccccc3)c2)c1=O. The Bertz CT molecular complexity index is 1300. The number of hydrogen-bond donors (Lipinski definition) is 0. The van der Waals surface area contributed by atoms with Gasteiger partial charge in [-0.2, -0.15) is 10.5 Å². The molecular formula is C25H23N3O3S. The fourth-order valence-electron chi connectivity index (χ4n) is 3.08. The molecule has 32 heavy (non-hydrogen) atoms. The molecule has 7 heteroatoms.